The lowest BCUT2D eigenvalue weighted by Gasteiger charge is -2.38. The largest absolute Gasteiger partial charge is 0.310 e. The average molecular weight is 267 g/mol. The molecule has 2 aliphatic heterocycles. The van der Waals surface area contributed by atoms with Crippen molar-refractivity contribution in [2.24, 2.45) is 5.92 Å². The highest BCUT2D eigenvalue weighted by molar-refractivity contribution is 4.84. The fourth-order valence-corrected chi connectivity index (χ4v) is 3.80. The van der Waals surface area contributed by atoms with Gasteiger partial charge in [-0.3, -0.25) is 0 Å². The van der Waals surface area contributed by atoms with E-state index in [2.05, 4.69) is 36.0 Å². The number of hydrogen-bond donors (Lipinski definition) is 1. The van der Waals surface area contributed by atoms with Crippen LogP contribution >= 0.6 is 0 Å². The highest BCUT2D eigenvalue weighted by Crippen LogP contribution is 2.22. The van der Waals surface area contributed by atoms with Gasteiger partial charge < -0.3 is 15.1 Å². The molecule has 0 aromatic carbocycles. The summed E-state index contributed by atoms with van der Waals surface area (Å²) in [5, 5.41) is 3.91. The van der Waals surface area contributed by atoms with Crippen LogP contribution in [0.3, 0.4) is 0 Å². The molecular weight excluding hydrogens is 234 g/mol. The third-order valence-electron chi connectivity index (χ3n) is 5.00. The molecule has 112 valence electrons. The number of piperidine rings is 2. The van der Waals surface area contributed by atoms with Crippen LogP contribution in [0, 0.1) is 5.92 Å². The van der Waals surface area contributed by atoms with E-state index in [-0.39, 0.29) is 0 Å². The Bertz CT molecular complexity index is 248. The molecule has 3 heteroatoms. The second-order valence-electron chi connectivity index (χ2n) is 6.74. The molecule has 3 nitrogen and oxygen atoms in total. The Hall–Kier alpha value is -0.120. The van der Waals surface area contributed by atoms with Gasteiger partial charge in [-0.1, -0.05) is 6.92 Å². The van der Waals surface area contributed by atoms with Crippen LogP contribution in [0.4, 0.5) is 0 Å². The zero-order chi connectivity index (χ0) is 13.7. The predicted octanol–water partition coefficient (Wildman–Crippen LogP) is 2.18. The Balaban J connectivity index is 1.70. The molecule has 2 aliphatic rings. The van der Waals surface area contributed by atoms with E-state index in [1.54, 1.807) is 0 Å². The van der Waals surface area contributed by atoms with Gasteiger partial charge in [-0.15, -0.1) is 0 Å². The van der Waals surface area contributed by atoms with Gasteiger partial charge in [0.25, 0.3) is 0 Å². The van der Waals surface area contributed by atoms with Crippen molar-refractivity contribution in [1.82, 2.24) is 15.1 Å². The number of likely N-dealkylation sites (N-methyl/N-ethyl adjacent to an activating group) is 1. The number of likely N-dealkylation sites (tertiary alicyclic amines) is 2. The molecule has 0 aliphatic carbocycles. The third kappa shape index (κ3) is 4.73. The molecule has 2 heterocycles. The smallest absolute Gasteiger partial charge is 0.0197 e. The van der Waals surface area contributed by atoms with Crippen LogP contribution < -0.4 is 5.32 Å². The number of rotatable bonds is 5. The molecule has 2 atom stereocenters. The van der Waals surface area contributed by atoms with Crippen LogP contribution in [0.25, 0.3) is 0 Å². The molecule has 2 fully saturated rings. The van der Waals surface area contributed by atoms with Gasteiger partial charge in [0.15, 0.2) is 0 Å². The van der Waals surface area contributed by atoms with Crippen molar-refractivity contribution in [1.29, 1.82) is 0 Å². The van der Waals surface area contributed by atoms with Gasteiger partial charge in [0, 0.05) is 18.6 Å². The molecule has 0 radical (unpaired) electrons. The molecular formula is C16H33N3. The highest BCUT2D eigenvalue weighted by Gasteiger charge is 2.26. The number of hydrogen-bond acceptors (Lipinski definition) is 3. The minimum absolute atomic E-state index is 0.695. The first kappa shape index (κ1) is 15.3. The van der Waals surface area contributed by atoms with Gasteiger partial charge in [0.05, 0.1) is 0 Å². The maximum absolute atomic E-state index is 3.91. The maximum Gasteiger partial charge on any atom is 0.0197 e. The third-order valence-corrected chi connectivity index (χ3v) is 5.00. The summed E-state index contributed by atoms with van der Waals surface area (Å²) in [5.41, 5.74) is 0. The van der Waals surface area contributed by atoms with Gasteiger partial charge >= 0.3 is 0 Å². The molecule has 0 aromatic rings. The zero-order valence-corrected chi connectivity index (χ0v) is 13.2. The molecule has 0 amide bonds. The van der Waals surface area contributed by atoms with E-state index in [1.807, 2.05) is 0 Å². The Labute approximate surface area is 119 Å². The standard InChI is InChI=1S/C16H33N3/c1-4-9-19-11-7-15(8-12-19)14(2)17-16-6-5-10-18(3)13-16/h14-17H,4-13H2,1-3H3. The summed E-state index contributed by atoms with van der Waals surface area (Å²) in [4.78, 5) is 5.11. The minimum atomic E-state index is 0.695. The Kier molecular flexibility index (Phi) is 6.11. The second-order valence-corrected chi connectivity index (χ2v) is 6.74. The van der Waals surface area contributed by atoms with Crippen LogP contribution in [0.1, 0.15) is 46.0 Å². The van der Waals surface area contributed by atoms with Crippen molar-refractivity contribution < 1.29 is 0 Å². The van der Waals surface area contributed by atoms with Gasteiger partial charge in [-0.05, 0) is 78.2 Å². The SMILES string of the molecule is CCCN1CCC(C(C)NC2CCCN(C)C2)CC1. The summed E-state index contributed by atoms with van der Waals surface area (Å²) in [5.74, 6) is 0.889. The lowest BCUT2D eigenvalue weighted by Crippen LogP contribution is -2.50. The highest BCUT2D eigenvalue weighted by atomic mass is 15.2. The Morgan fingerprint density at radius 1 is 1.16 bits per heavy atom. The summed E-state index contributed by atoms with van der Waals surface area (Å²) < 4.78 is 0. The van der Waals surface area contributed by atoms with Crippen molar-refractivity contribution in [3.63, 3.8) is 0 Å². The van der Waals surface area contributed by atoms with Gasteiger partial charge in [0.2, 0.25) is 0 Å². The summed E-state index contributed by atoms with van der Waals surface area (Å²) in [6, 6.07) is 1.42. The fourth-order valence-electron chi connectivity index (χ4n) is 3.80. The van der Waals surface area contributed by atoms with Crippen LogP contribution in [-0.4, -0.2) is 61.7 Å². The van der Waals surface area contributed by atoms with Crippen molar-refractivity contribution in [3.05, 3.63) is 0 Å². The van der Waals surface area contributed by atoms with Gasteiger partial charge in [-0.2, -0.15) is 0 Å². The van der Waals surface area contributed by atoms with Crippen LogP contribution in [0.15, 0.2) is 0 Å². The van der Waals surface area contributed by atoms with E-state index in [1.165, 1.54) is 64.8 Å². The first-order valence-electron chi connectivity index (χ1n) is 8.36. The fraction of sp³-hybridized carbons (Fsp3) is 1.00. The molecule has 0 bridgehead atoms. The molecule has 0 aromatic heterocycles. The molecule has 2 rings (SSSR count). The molecule has 2 unspecified atom stereocenters. The van der Waals surface area contributed by atoms with E-state index in [0.717, 1.165) is 12.0 Å². The molecule has 19 heavy (non-hydrogen) atoms. The lowest BCUT2D eigenvalue weighted by atomic mass is 9.89. The monoisotopic (exact) mass is 267 g/mol. The van der Waals surface area contributed by atoms with Crippen LogP contribution in [-0.2, 0) is 0 Å². The zero-order valence-electron chi connectivity index (χ0n) is 13.2. The summed E-state index contributed by atoms with van der Waals surface area (Å²) in [6.07, 6.45) is 6.79. The molecule has 0 spiro atoms. The van der Waals surface area contributed by atoms with E-state index in [9.17, 15) is 0 Å². The van der Waals surface area contributed by atoms with E-state index < -0.39 is 0 Å². The van der Waals surface area contributed by atoms with E-state index in [0.29, 0.717) is 6.04 Å². The topological polar surface area (TPSA) is 18.5 Å². The van der Waals surface area contributed by atoms with Crippen molar-refractivity contribution in [2.45, 2.75) is 58.0 Å². The summed E-state index contributed by atoms with van der Waals surface area (Å²) >= 11 is 0. The molecule has 1 N–H and O–H groups in total. The van der Waals surface area contributed by atoms with E-state index >= 15 is 0 Å². The minimum Gasteiger partial charge on any atom is -0.310 e. The summed E-state index contributed by atoms with van der Waals surface area (Å²) in [7, 11) is 2.25. The molecule has 0 saturated carbocycles. The van der Waals surface area contributed by atoms with Gasteiger partial charge in [0.1, 0.15) is 0 Å². The average Bonchev–Trinajstić information content (AvgIpc) is 2.40. The Morgan fingerprint density at radius 3 is 2.53 bits per heavy atom. The number of nitrogens with one attached hydrogen (secondary N) is 1. The first-order valence-corrected chi connectivity index (χ1v) is 8.36. The maximum atomic E-state index is 3.91. The van der Waals surface area contributed by atoms with Crippen molar-refractivity contribution in [2.75, 3.05) is 39.8 Å². The van der Waals surface area contributed by atoms with Gasteiger partial charge in [-0.25, -0.2) is 0 Å². The normalized spacial score (nSPS) is 29.5. The van der Waals surface area contributed by atoms with Crippen LogP contribution in [0.2, 0.25) is 0 Å². The Morgan fingerprint density at radius 2 is 1.89 bits per heavy atom. The van der Waals surface area contributed by atoms with Crippen molar-refractivity contribution >= 4 is 0 Å². The van der Waals surface area contributed by atoms with Crippen LogP contribution in [0.5, 0.6) is 0 Å². The second kappa shape index (κ2) is 7.61. The summed E-state index contributed by atoms with van der Waals surface area (Å²) in [6.45, 7) is 11.1. The number of nitrogens with zero attached hydrogens (tertiary/aromatic N) is 2. The quantitative estimate of drug-likeness (QED) is 0.824. The molecule has 2 saturated heterocycles. The van der Waals surface area contributed by atoms with Crippen molar-refractivity contribution in [3.8, 4) is 0 Å². The predicted molar refractivity (Wildman–Crippen MR) is 82.6 cm³/mol. The first-order chi connectivity index (χ1) is 9.19. The van der Waals surface area contributed by atoms with E-state index in [4.69, 9.17) is 0 Å². The lowest BCUT2D eigenvalue weighted by molar-refractivity contribution is 0.146.